The van der Waals surface area contributed by atoms with Gasteiger partial charge in [-0.1, -0.05) is 22.0 Å². The first kappa shape index (κ1) is 4.10. The third-order valence-electron chi connectivity index (χ3n) is 2.13. The van der Waals surface area contributed by atoms with Crippen LogP contribution < -0.4 is 0 Å². The van der Waals surface area contributed by atoms with E-state index in [1.54, 1.807) is 0 Å². The van der Waals surface area contributed by atoms with Crippen molar-refractivity contribution in [3.8, 4) is 0 Å². The maximum Gasteiger partial charge on any atom is 0.0587 e. The fourth-order valence-corrected chi connectivity index (χ4v) is 2.40. The molecule has 2 atom stereocenters. The molecule has 2 rings (SSSR count). The normalized spacial score (nSPS) is 45.9. The molecule has 0 N–H and O–H groups in total. The third-order valence-corrected chi connectivity index (χ3v) is 3.01. The summed E-state index contributed by atoms with van der Waals surface area (Å²) in [7, 11) is 0. The minimum Gasteiger partial charge on any atom is -0.0709 e. The molecule has 0 aliphatic heterocycles. The molecule has 8 heavy (non-hydrogen) atoms. The largest absolute Gasteiger partial charge is 0.0709 e. The minimum atomic E-state index is 0.615. The van der Waals surface area contributed by atoms with Crippen LogP contribution in [0.3, 0.4) is 0 Å². The molecule has 0 saturated heterocycles. The molecule has 0 unspecified atom stereocenters. The molecule has 2 aliphatic carbocycles. The van der Waals surface area contributed by atoms with Crippen LogP contribution in [-0.4, -0.2) is 0 Å². The van der Waals surface area contributed by atoms with Gasteiger partial charge < -0.3 is 0 Å². The van der Waals surface area contributed by atoms with E-state index < -0.39 is 0 Å². The van der Waals surface area contributed by atoms with Gasteiger partial charge in [0, 0.05) is 0 Å². The van der Waals surface area contributed by atoms with E-state index in [2.05, 4.69) is 15.9 Å². The van der Waals surface area contributed by atoms with Gasteiger partial charge in [0.1, 0.15) is 0 Å². The van der Waals surface area contributed by atoms with Gasteiger partial charge in [-0.3, -0.25) is 0 Å². The third kappa shape index (κ3) is 0.572. The number of halogens is 1. The van der Waals surface area contributed by atoms with Gasteiger partial charge in [-0.2, -0.15) is 0 Å². The van der Waals surface area contributed by atoms with Gasteiger partial charge >= 0.3 is 0 Å². The summed E-state index contributed by atoms with van der Waals surface area (Å²) < 4.78 is 8.75. The lowest BCUT2D eigenvalue weighted by atomic mass is 10.1. The highest BCUT2D eigenvalue weighted by atomic mass is 79.9. The maximum absolute atomic E-state index is 7.56. The Bertz CT molecular complexity index is 156. The summed E-state index contributed by atoms with van der Waals surface area (Å²) in [5.41, 5.74) is 0. The number of rotatable bonds is 0. The number of allylic oxidation sites excluding steroid dienone is 2. The molecular formula is C7H9Br. The summed E-state index contributed by atoms with van der Waals surface area (Å²) in [4.78, 5) is 0. The molecular weight excluding hydrogens is 164 g/mol. The lowest BCUT2D eigenvalue weighted by Gasteiger charge is -2.03. The van der Waals surface area contributed by atoms with Crippen molar-refractivity contribution < 1.29 is 1.37 Å². The first-order chi connectivity index (χ1) is 4.29. The fraction of sp³-hybridized carbons (Fsp3) is 0.714. The van der Waals surface area contributed by atoms with Crippen LogP contribution in [-0.2, 0) is 0 Å². The summed E-state index contributed by atoms with van der Waals surface area (Å²) in [5, 5.41) is 0. The van der Waals surface area contributed by atoms with Gasteiger partial charge in [0.15, 0.2) is 0 Å². The lowest BCUT2D eigenvalue weighted by Crippen LogP contribution is -1.88. The second kappa shape index (κ2) is 1.60. The molecule has 1 heteroatoms. The standard InChI is InChI=1S/C7H9Br/c8-7-4-5-1-2-6(7)3-5/h4-6H,1-3H2/t5-,6+/m1/s1/i4D. The molecule has 0 nitrogen and oxygen atoms in total. The zero-order chi connectivity index (χ0) is 6.43. The van der Waals surface area contributed by atoms with Gasteiger partial charge in [-0.05, 0) is 35.6 Å². The van der Waals surface area contributed by atoms with Gasteiger partial charge in [0.25, 0.3) is 0 Å². The zero-order valence-corrected chi connectivity index (χ0v) is 6.24. The minimum absolute atomic E-state index is 0.615. The van der Waals surface area contributed by atoms with Crippen molar-refractivity contribution in [3.05, 3.63) is 10.5 Å². The highest BCUT2D eigenvalue weighted by Crippen LogP contribution is 2.45. The summed E-state index contributed by atoms with van der Waals surface area (Å²) >= 11 is 3.45. The van der Waals surface area contributed by atoms with Crippen LogP contribution in [0.25, 0.3) is 0 Å². The van der Waals surface area contributed by atoms with Crippen LogP contribution in [0.1, 0.15) is 20.6 Å². The summed E-state index contributed by atoms with van der Waals surface area (Å²) in [6.45, 7) is 0. The van der Waals surface area contributed by atoms with Crippen LogP contribution in [0.4, 0.5) is 0 Å². The number of fused-ring (bicyclic) bond motifs is 2. The van der Waals surface area contributed by atoms with Gasteiger partial charge in [-0.15, -0.1) is 0 Å². The quantitative estimate of drug-likeness (QED) is 0.529. The van der Waals surface area contributed by atoms with Gasteiger partial charge in [0.2, 0.25) is 0 Å². The number of hydrogen-bond acceptors (Lipinski definition) is 0. The molecule has 0 aromatic carbocycles. The zero-order valence-electron chi connectivity index (χ0n) is 5.65. The summed E-state index contributed by atoms with van der Waals surface area (Å²) in [6, 6.07) is 0.881. The molecule has 0 aromatic rings. The van der Waals surface area contributed by atoms with Crippen molar-refractivity contribution in [3.63, 3.8) is 0 Å². The topological polar surface area (TPSA) is 0 Å². The summed E-state index contributed by atoms with van der Waals surface area (Å²) in [5.74, 6) is 1.34. The molecule has 0 amide bonds. The van der Waals surface area contributed by atoms with Crippen molar-refractivity contribution in [1.82, 2.24) is 0 Å². The van der Waals surface area contributed by atoms with E-state index in [4.69, 9.17) is 1.37 Å². The van der Waals surface area contributed by atoms with Crippen LogP contribution in [0, 0.1) is 11.8 Å². The Kier molecular flexibility index (Phi) is 0.820. The molecule has 0 heterocycles. The first-order valence-electron chi connectivity index (χ1n) is 3.65. The molecule has 0 radical (unpaired) electrons. The Morgan fingerprint density at radius 1 is 1.75 bits per heavy atom. The lowest BCUT2D eigenvalue weighted by molar-refractivity contribution is 0.688. The molecule has 2 bridgehead atoms. The Balaban J connectivity index is 2.36. The predicted molar refractivity (Wildman–Crippen MR) is 37.8 cm³/mol. The smallest absolute Gasteiger partial charge is 0.0587 e. The molecule has 0 aromatic heterocycles. The Morgan fingerprint density at radius 2 is 2.62 bits per heavy atom. The first-order valence-corrected chi connectivity index (χ1v) is 3.94. The van der Waals surface area contributed by atoms with Crippen LogP contribution in [0.15, 0.2) is 10.5 Å². The maximum atomic E-state index is 7.56. The Labute approximate surface area is 59.5 Å². The van der Waals surface area contributed by atoms with Gasteiger partial charge in [0.05, 0.1) is 1.37 Å². The fourth-order valence-electron chi connectivity index (χ4n) is 1.66. The molecule has 44 valence electrons. The van der Waals surface area contributed by atoms with E-state index >= 15 is 0 Å². The van der Waals surface area contributed by atoms with E-state index in [0.29, 0.717) is 5.92 Å². The monoisotopic (exact) mass is 173 g/mol. The second-order valence-corrected chi connectivity index (χ2v) is 3.55. The average molecular weight is 174 g/mol. The molecule has 1 fully saturated rings. The molecule has 1 saturated carbocycles. The van der Waals surface area contributed by atoms with Crippen molar-refractivity contribution in [2.45, 2.75) is 19.3 Å². The van der Waals surface area contributed by atoms with Gasteiger partial charge in [-0.25, -0.2) is 0 Å². The summed E-state index contributed by atoms with van der Waals surface area (Å²) in [6.07, 6.45) is 3.83. The van der Waals surface area contributed by atoms with E-state index in [1.807, 2.05) is 0 Å². The Hall–Kier alpha value is 0.220. The van der Waals surface area contributed by atoms with Crippen LogP contribution in [0.5, 0.6) is 0 Å². The van der Waals surface area contributed by atoms with Crippen molar-refractivity contribution >= 4 is 15.9 Å². The second-order valence-electron chi connectivity index (χ2n) is 2.70. The predicted octanol–water partition coefficient (Wildman–Crippen LogP) is 2.70. The number of hydrogen-bond donors (Lipinski definition) is 0. The van der Waals surface area contributed by atoms with Crippen molar-refractivity contribution in [1.29, 1.82) is 0 Å². The highest BCUT2D eigenvalue weighted by molar-refractivity contribution is 9.11. The van der Waals surface area contributed by atoms with E-state index in [1.165, 1.54) is 23.7 Å². The van der Waals surface area contributed by atoms with Crippen LogP contribution >= 0.6 is 15.9 Å². The average Bonchev–Trinajstić information content (AvgIpc) is 2.37. The van der Waals surface area contributed by atoms with E-state index in [-0.39, 0.29) is 0 Å². The van der Waals surface area contributed by atoms with Crippen LogP contribution in [0.2, 0.25) is 0 Å². The van der Waals surface area contributed by atoms with Crippen molar-refractivity contribution in [2.24, 2.45) is 11.8 Å². The SMILES string of the molecule is [2H]C1=C(Br)[C@H]2CC[C@@H]1C2. The molecule has 0 spiro atoms. The van der Waals surface area contributed by atoms with Crippen molar-refractivity contribution in [2.75, 3.05) is 0 Å². The molecule has 2 aliphatic rings. The van der Waals surface area contributed by atoms with E-state index in [9.17, 15) is 0 Å². The van der Waals surface area contributed by atoms with E-state index in [0.717, 1.165) is 12.0 Å². The Morgan fingerprint density at radius 3 is 3.00 bits per heavy atom. The highest BCUT2D eigenvalue weighted by Gasteiger charge is 2.30.